The Bertz CT molecular complexity index is 928. The zero-order valence-electron chi connectivity index (χ0n) is 11.6. The molecule has 0 radical (unpaired) electrons. The van der Waals surface area contributed by atoms with Crippen LogP contribution < -0.4 is 0 Å². The first-order valence-corrected chi connectivity index (χ1v) is 6.52. The minimum absolute atomic E-state index is 0.0930. The Balaban J connectivity index is 2.01. The van der Waals surface area contributed by atoms with Gasteiger partial charge in [-0.2, -0.15) is 0 Å². The molecule has 3 aromatic rings. The molecular weight excluding hydrogens is 300 g/mol. The SMILES string of the molecule is O=C(O)c1ccc(N=Nc2c(C(=O)O)nc3ccccn23)cc1. The summed E-state index contributed by atoms with van der Waals surface area (Å²) in [6.07, 6.45) is 1.64. The second-order valence-corrected chi connectivity index (χ2v) is 4.57. The van der Waals surface area contributed by atoms with Gasteiger partial charge in [0.1, 0.15) is 5.65 Å². The molecular formula is C15H10N4O4. The number of carboxylic acids is 2. The third-order valence-electron chi connectivity index (χ3n) is 3.08. The van der Waals surface area contributed by atoms with Crippen molar-refractivity contribution < 1.29 is 19.8 Å². The molecule has 2 heterocycles. The largest absolute Gasteiger partial charge is 0.478 e. The average molecular weight is 310 g/mol. The second-order valence-electron chi connectivity index (χ2n) is 4.57. The van der Waals surface area contributed by atoms with E-state index >= 15 is 0 Å². The van der Waals surface area contributed by atoms with Gasteiger partial charge in [-0.25, -0.2) is 14.6 Å². The van der Waals surface area contributed by atoms with Gasteiger partial charge in [0.25, 0.3) is 0 Å². The molecule has 0 bridgehead atoms. The van der Waals surface area contributed by atoms with Gasteiger partial charge in [0.2, 0.25) is 0 Å². The first kappa shape index (κ1) is 14.4. The molecule has 2 N–H and O–H groups in total. The van der Waals surface area contributed by atoms with Gasteiger partial charge in [0, 0.05) is 6.20 Å². The van der Waals surface area contributed by atoms with Crippen LogP contribution in [0, 0.1) is 0 Å². The quantitative estimate of drug-likeness (QED) is 0.718. The summed E-state index contributed by atoms with van der Waals surface area (Å²) in [5, 5.41) is 26.0. The van der Waals surface area contributed by atoms with Gasteiger partial charge < -0.3 is 10.2 Å². The summed E-state index contributed by atoms with van der Waals surface area (Å²) < 4.78 is 1.51. The van der Waals surface area contributed by atoms with Crippen LogP contribution in [0.5, 0.6) is 0 Å². The maximum atomic E-state index is 11.3. The van der Waals surface area contributed by atoms with Gasteiger partial charge in [0.15, 0.2) is 11.5 Å². The van der Waals surface area contributed by atoms with Gasteiger partial charge in [-0.3, -0.25) is 4.40 Å². The molecule has 0 unspecified atom stereocenters. The molecule has 1 aromatic carbocycles. The number of azo groups is 1. The normalized spacial score (nSPS) is 11.1. The van der Waals surface area contributed by atoms with Crippen molar-refractivity contribution in [1.29, 1.82) is 0 Å². The molecule has 8 heteroatoms. The van der Waals surface area contributed by atoms with Crippen LogP contribution in [0.4, 0.5) is 11.5 Å². The highest BCUT2D eigenvalue weighted by Crippen LogP contribution is 2.24. The fourth-order valence-electron chi connectivity index (χ4n) is 2.00. The average Bonchev–Trinajstić information content (AvgIpc) is 2.92. The maximum absolute atomic E-state index is 11.3. The lowest BCUT2D eigenvalue weighted by Crippen LogP contribution is -1.96. The number of aromatic nitrogens is 2. The van der Waals surface area contributed by atoms with Crippen LogP contribution in [0.15, 0.2) is 58.9 Å². The van der Waals surface area contributed by atoms with E-state index < -0.39 is 11.9 Å². The number of fused-ring (bicyclic) bond motifs is 1. The Labute approximate surface area is 129 Å². The van der Waals surface area contributed by atoms with Crippen molar-refractivity contribution in [2.45, 2.75) is 0 Å². The molecule has 0 spiro atoms. The molecule has 114 valence electrons. The predicted octanol–water partition coefficient (Wildman–Crippen LogP) is 3.15. The highest BCUT2D eigenvalue weighted by Gasteiger charge is 2.17. The topological polar surface area (TPSA) is 117 Å². The number of pyridine rings is 1. The lowest BCUT2D eigenvalue weighted by atomic mass is 10.2. The van der Waals surface area contributed by atoms with Gasteiger partial charge in [0.05, 0.1) is 11.3 Å². The van der Waals surface area contributed by atoms with E-state index in [0.29, 0.717) is 11.3 Å². The summed E-state index contributed by atoms with van der Waals surface area (Å²) in [7, 11) is 0. The van der Waals surface area contributed by atoms with Crippen molar-refractivity contribution in [2.24, 2.45) is 10.2 Å². The van der Waals surface area contributed by atoms with E-state index in [1.54, 1.807) is 24.4 Å². The van der Waals surface area contributed by atoms with Crippen LogP contribution in [0.25, 0.3) is 5.65 Å². The Kier molecular flexibility index (Phi) is 3.55. The molecule has 0 atom stereocenters. The zero-order valence-corrected chi connectivity index (χ0v) is 11.6. The summed E-state index contributed by atoms with van der Waals surface area (Å²) in [5.41, 5.74) is 0.768. The molecule has 0 aliphatic carbocycles. The first-order chi connectivity index (χ1) is 11.1. The number of hydrogen-bond donors (Lipinski definition) is 2. The smallest absolute Gasteiger partial charge is 0.358 e. The summed E-state index contributed by atoms with van der Waals surface area (Å²) in [5.74, 6) is -2.15. The van der Waals surface area contributed by atoms with Crippen LogP contribution in [-0.4, -0.2) is 31.5 Å². The molecule has 0 fully saturated rings. The number of imidazole rings is 1. The number of carboxylic acid groups (broad SMARTS) is 2. The molecule has 0 saturated carbocycles. The third kappa shape index (κ3) is 2.77. The molecule has 0 saturated heterocycles. The fourth-order valence-corrected chi connectivity index (χ4v) is 2.00. The van der Waals surface area contributed by atoms with E-state index in [4.69, 9.17) is 5.11 Å². The van der Waals surface area contributed by atoms with Gasteiger partial charge in [-0.15, -0.1) is 10.2 Å². The minimum atomic E-state index is -1.20. The Morgan fingerprint density at radius 2 is 1.70 bits per heavy atom. The van der Waals surface area contributed by atoms with Crippen LogP contribution >= 0.6 is 0 Å². The third-order valence-corrected chi connectivity index (χ3v) is 3.08. The van der Waals surface area contributed by atoms with E-state index in [0.717, 1.165) is 0 Å². The van der Waals surface area contributed by atoms with E-state index in [1.807, 2.05) is 0 Å². The van der Waals surface area contributed by atoms with Crippen molar-refractivity contribution in [2.75, 3.05) is 0 Å². The van der Waals surface area contributed by atoms with Gasteiger partial charge in [-0.1, -0.05) is 6.07 Å². The molecule has 0 aliphatic heterocycles. The lowest BCUT2D eigenvalue weighted by molar-refractivity contribution is 0.0683. The van der Waals surface area contributed by atoms with Crippen LogP contribution in [-0.2, 0) is 0 Å². The number of carbonyl (C=O) groups is 2. The van der Waals surface area contributed by atoms with E-state index in [1.165, 1.54) is 28.7 Å². The molecule has 8 nitrogen and oxygen atoms in total. The molecule has 0 aliphatic rings. The zero-order chi connectivity index (χ0) is 16.4. The molecule has 23 heavy (non-hydrogen) atoms. The summed E-state index contributed by atoms with van der Waals surface area (Å²) in [4.78, 5) is 26.1. The standard InChI is InChI=1S/C15H10N4O4/c20-14(21)9-4-6-10(7-5-9)17-18-13-12(15(22)23)16-11-3-1-2-8-19(11)13/h1-8H,(H,20,21)(H,22,23). The Hall–Kier alpha value is -3.55. The van der Waals surface area contributed by atoms with E-state index in [-0.39, 0.29) is 17.1 Å². The predicted molar refractivity (Wildman–Crippen MR) is 79.7 cm³/mol. The van der Waals surface area contributed by atoms with Crippen molar-refractivity contribution in [1.82, 2.24) is 9.38 Å². The van der Waals surface area contributed by atoms with Crippen LogP contribution in [0.1, 0.15) is 20.8 Å². The summed E-state index contributed by atoms with van der Waals surface area (Å²) >= 11 is 0. The van der Waals surface area contributed by atoms with Crippen molar-refractivity contribution in [3.8, 4) is 0 Å². The number of rotatable bonds is 4. The number of benzene rings is 1. The number of hydrogen-bond acceptors (Lipinski definition) is 5. The first-order valence-electron chi connectivity index (χ1n) is 6.52. The van der Waals surface area contributed by atoms with Crippen LogP contribution in [0.3, 0.4) is 0 Å². The Morgan fingerprint density at radius 1 is 0.957 bits per heavy atom. The summed E-state index contributed by atoms with van der Waals surface area (Å²) in [6.45, 7) is 0. The molecule has 2 aromatic heterocycles. The monoisotopic (exact) mass is 310 g/mol. The lowest BCUT2D eigenvalue weighted by Gasteiger charge is -1.97. The van der Waals surface area contributed by atoms with Crippen molar-refractivity contribution >= 4 is 29.1 Å². The van der Waals surface area contributed by atoms with Gasteiger partial charge >= 0.3 is 11.9 Å². The summed E-state index contributed by atoms with van der Waals surface area (Å²) in [6, 6.07) is 10.9. The van der Waals surface area contributed by atoms with Gasteiger partial charge in [-0.05, 0) is 36.4 Å². The highest BCUT2D eigenvalue weighted by molar-refractivity contribution is 5.91. The fraction of sp³-hybridized carbons (Fsp3) is 0. The molecule has 3 rings (SSSR count). The van der Waals surface area contributed by atoms with Crippen molar-refractivity contribution in [3.05, 3.63) is 59.9 Å². The Morgan fingerprint density at radius 3 is 2.35 bits per heavy atom. The minimum Gasteiger partial charge on any atom is -0.478 e. The van der Waals surface area contributed by atoms with Crippen LogP contribution in [0.2, 0.25) is 0 Å². The number of aromatic carboxylic acids is 2. The van der Waals surface area contributed by atoms with Crippen molar-refractivity contribution in [3.63, 3.8) is 0 Å². The second kappa shape index (κ2) is 5.68. The highest BCUT2D eigenvalue weighted by atomic mass is 16.4. The molecule has 0 amide bonds. The maximum Gasteiger partial charge on any atom is 0.358 e. The van der Waals surface area contributed by atoms with E-state index in [9.17, 15) is 14.7 Å². The van der Waals surface area contributed by atoms with E-state index in [2.05, 4.69) is 15.2 Å². The number of nitrogens with zero attached hydrogens (tertiary/aromatic N) is 4.